The van der Waals surface area contributed by atoms with Crippen LogP contribution in [0.25, 0.3) is 0 Å². The van der Waals surface area contributed by atoms with Crippen molar-refractivity contribution in [3.63, 3.8) is 0 Å². The second-order valence-corrected chi connectivity index (χ2v) is 4.85. The van der Waals surface area contributed by atoms with E-state index in [2.05, 4.69) is 15.3 Å². The number of aromatic nitrogens is 2. The van der Waals surface area contributed by atoms with Gasteiger partial charge in [0, 0.05) is 37.0 Å². The topological polar surface area (TPSA) is 127 Å². The Bertz CT molecular complexity index is 624. The third-order valence-corrected chi connectivity index (χ3v) is 3.19. The van der Waals surface area contributed by atoms with E-state index in [-0.39, 0.29) is 11.6 Å². The Morgan fingerprint density at radius 3 is 2.73 bits per heavy atom. The summed E-state index contributed by atoms with van der Waals surface area (Å²) >= 11 is 0. The maximum absolute atomic E-state index is 11.8. The highest BCUT2D eigenvalue weighted by Gasteiger charge is 2.14. The fourth-order valence-corrected chi connectivity index (χ4v) is 1.97. The van der Waals surface area contributed by atoms with Gasteiger partial charge in [0.25, 0.3) is 5.69 Å². The molecule has 4 N–H and O–H groups in total. The first-order chi connectivity index (χ1) is 10.6. The lowest BCUT2D eigenvalue weighted by Gasteiger charge is -2.11. The number of nitro benzene ring substituents is 1. The van der Waals surface area contributed by atoms with Gasteiger partial charge in [0.05, 0.1) is 17.3 Å². The molecule has 8 nitrogen and oxygen atoms in total. The molecule has 0 bridgehead atoms. The Morgan fingerprint density at radius 2 is 2.14 bits per heavy atom. The summed E-state index contributed by atoms with van der Waals surface area (Å²) in [6, 6.07) is 5.60. The van der Waals surface area contributed by atoms with E-state index >= 15 is 0 Å². The van der Waals surface area contributed by atoms with Gasteiger partial charge in [0.15, 0.2) is 0 Å². The van der Waals surface area contributed by atoms with Crippen LogP contribution in [0.5, 0.6) is 0 Å². The molecule has 8 heteroatoms. The zero-order valence-corrected chi connectivity index (χ0v) is 11.9. The number of nitrogens with zero attached hydrogens (tertiary/aromatic N) is 2. The predicted molar refractivity (Wildman–Crippen MR) is 80.1 cm³/mol. The van der Waals surface area contributed by atoms with Crippen molar-refractivity contribution in [2.24, 2.45) is 5.73 Å². The molecule has 0 saturated heterocycles. The highest BCUT2D eigenvalue weighted by atomic mass is 16.6. The lowest BCUT2D eigenvalue weighted by molar-refractivity contribution is -0.384. The monoisotopic (exact) mass is 303 g/mol. The summed E-state index contributed by atoms with van der Waals surface area (Å²) in [7, 11) is 0. The van der Waals surface area contributed by atoms with Crippen LogP contribution in [0.15, 0.2) is 36.8 Å². The van der Waals surface area contributed by atoms with E-state index in [0.29, 0.717) is 19.4 Å². The summed E-state index contributed by atoms with van der Waals surface area (Å²) in [5.41, 5.74) is 7.57. The van der Waals surface area contributed by atoms with Crippen molar-refractivity contribution in [3.8, 4) is 0 Å². The lowest BCUT2D eigenvalue weighted by Crippen LogP contribution is -2.42. The van der Waals surface area contributed by atoms with Gasteiger partial charge in [0.1, 0.15) is 0 Å². The molecule has 0 aliphatic rings. The van der Waals surface area contributed by atoms with Gasteiger partial charge in [-0.25, -0.2) is 4.98 Å². The van der Waals surface area contributed by atoms with Crippen LogP contribution < -0.4 is 11.1 Å². The summed E-state index contributed by atoms with van der Waals surface area (Å²) in [4.78, 5) is 28.7. The van der Waals surface area contributed by atoms with Crippen molar-refractivity contribution >= 4 is 11.6 Å². The lowest BCUT2D eigenvalue weighted by atomic mass is 10.1. The molecule has 2 rings (SSSR count). The Hall–Kier alpha value is -2.74. The van der Waals surface area contributed by atoms with E-state index in [4.69, 9.17) is 5.73 Å². The van der Waals surface area contributed by atoms with E-state index in [9.17, 15) is 14.9 Å². The van der Waals surface area contributed by atoms with Gasteiger partial charge in [0.2, 0.25) is 5.91 Å². The zero-order valence-electron chi connectivity index (χ0n) is 11.9. The number of H-pyrrole nitrogens is 1. The number of carbonyl (C=O) groups excluding carboxylic acids is 1. The predicted octanol–water partition coefficient (Wildman–Crippen LogP) is 0.547. The molecule has 1 heterocycles. The van der Waals surface area contributed by atoms with E-state index in [0.717, 1.165) is 11.3 Å². The third kappa shape index (κ3) is 4.38. The molecule has 1 amide bonds. The minimum atomic E-state index is -0.641. The molecule has 1 atom stereocenters. The van der Waals surface area contributed by atoms with Gasteiger partial charge in [-0.1, -0.05) is 12.1 Å². The van der Waals surface area contributed by atoms with Crippen LogP contribution in [0.3, 0.4) is 0 Å². The molecule has 0 aliphatic heterocycles. The first kappa shape index (κ1) is 15.6. The van der Waals surface area contributed by atoms with Crippen LogP contribution >= 0.6 is 0 Å². The van der Waals surface area contributed by atoms with Gasteiger partial charge in [-0.2, -0.15) is 0 Å². The maximum Gasteiger partial charge on any atom is 0.269 e. The van der Waals surface area contributed by atoms with Gasteiger partial charge in [-0.05, 0) is 12.0 Å². The van der Waals surface area contributed by atoms with E-state index in [1.807, 2.05) is 0 Å². The number of nitro groups is 1. The summed E-state index contributed by atoms with van der Waals surface area (Å²) in [6.45, 7) is 0.424. The second kappa shape index (κ2) is 7.32. The normalized spacial score (nSPS) is 11.9. The van der Waals surface area contributed by atoms with Crippen LogP contribution in [0, 0.1) is 10.1 Å². The molecule has 2 aromatic rings. The number of rotatable bonds is 7. The van der Waals surface area contributed by atoms with Gasteiger partial charge in [-0.15, -0.1) is 0 Å². The van der Waals surface area contributed by atoms with E-state index in [1.165, 1.54) is 18.5 Å². The minimum absolute atomic E-state index is 0.0503. The number of non-ortho nitro benzene ring substituents is 1. The number of nitrogens with one attached hydrogen (secondary N) is 2. The average molecular weight is 303 g/mol. The summed E-state index contributed by atoms with van der Waals surface area (Å²) in [5, 5.41) is 13.3. The molecule has 116 valence electrons. The summed E-state index contributed by atoms with van der Waals surface area (Å²) in [6.07, 6.45) is 4.14. The average Bonchev–Trinajstić information content (AvgIpc) is 3.00. The van der Waals surface area contributed by atoms with Gasteiger partial charge in [-0.3, -0.25) is 14.9 Å². The first-order valence-corrected chi connectivity index (χ1v) is 6.80. The quantitative estimate of drug-likeness (QED) is 0.508. The molecule has 22 heavy (non-hydrogen) atoms. The minimum Gasteiger partial charge on any atom is -0.354 e. The van der Waals surface area contributed by atoms with Gasteiger partial charge >= 0.3 is 0 Å². The molecule has 0 spiro atoms. The highest BCUT2D eigenvalue weighted by molar-refractivity contribution is 5.81. The number of benzene rings is 1. The molecule has 0 saturated carbocycles. The molecule has 1 aromatic heterocycles. The van der Waals surface area contributed by atoms with Crippen LogP contribution in [0.2, 0.25) is 0 Å². The van der Waals surface area contributed by atoms with Crippen LogP contribution in [-0.2, 0) is 17.6 Å². The van der Waals surface area contributed by atoms with Crippen LogP contribution in [-0.4, -0.2) is 33.4 Å². The number of hydrogen-bond acceptors (Lipinski definition) is 5. The zero-order chi connectivity index (χ0) is 15.9. The van der Waals surface area contributed by atoms with Crippen molar-refractivity contribution in [1.29, 1.82) is 0 Å². The van der Waals surface area contributed by atoms with Crippen molar-refractivity contribution in [2.75, 3.05) is 6.54 Å². The van der Waals surface area contributed by atoms with Gasteiger partial charge < -0.3 is 16.0 Å². The van der Waals surface area contributed by atoms with Crippen molar-refractivity contribution in [2.45, 2.75) is 18.9 Å². The first-order valence-electron chi connectivity index (χ1n) is 6.80. The second-order valence-electron chi connectivity index (χ2n) is 4.85. The Kier molecular flexibility index (Phi) is 5.21. The molecule has 1 aromatic carbocycles. The Balaban J connectivity index is 1.75. The smallest absolute Gasteiger partial charge is 0.269 e. The van der Waals surface area contributed by atoms with Crippen molar-refractivity contribution in [1.82, 2.24) is 15.3 Å². The highest BCUT2D eigenvalue weighted by Crippen LogP contribution is 2.11. The summed E-state index contributed by atoms with van der Waals surface area (Å²) in [5.74, 6) is -0.239. The van der Waals surface area contributed by atoms with E-state index in [1.54, 1.807) is 18.3 Å². The molecule has 0 aliphatic carbocycles. The molecule has 0 radical (unpaired) electrons. The largest absolute Gasteiger partial charge is 0.354 e. The molecule has 0 fully saturated rings. The number of nitrogens with two attached hydrogens (primary N) is 1. The third-order valence-electron chi connectivity index (χ3n) is 3.19. The fraction of sp³-hybridized carbons (Fsp3) is 0.286. The van der Waals surface area contributed by atoms with Crippen molar-refractivity contribution in [3.05, 3.63) is 58.2 Å². The molecule has 0 unspecified atom stereocenters. The number of aromatic amines is 1. The summed E-state index contributed by atoms with van der Waals surface area (Å²) < 4.78 is 0. The SMILES string of the molecule is N[C@@H](Cc1cnc[nH]1)C(=O)NCCc1ccc([N+](=O)[O-])cc1. The molecular weight excluding hydrogens is 286 g/mol. The standard InChI is InChI=1S/C14H17N5O3/c15-13(7-11-8-16-9-18-11)14(20)17-6-5-10-1-3-12(4-2-10)19(21)22/h1-4,8-9,13H,5-7,15H2,(H,16,18)(H,17,20)/t13-/m0/s1. The van der Waals surface area contributed by atoms with E-state index < -0.39 is 11.0 Å². The number of carbonyl (C=O) groups is 1. The van der Waals surface area contributed by atoms with Crippen molar-refractivity contribution < 1.29 is 9.72 Å². The number of imidazole rings is 1. The number of amides is 1. The Morgan fingerprint density at radius 1 is 1.41 bits per heavy atom. The van der Waals surface area contributed by atoms with Crippen LogP contribution in [0.1, 0.15) is 11.3 Å². The maximum atomic E-state index is 11.8. The van der Waals surface area contributed by atoms with Crippen LogP contribution in [0.4, 0.5) is 5.69 Å². The Labute approximate surface area is 126 Å². The number of hydrogen-bond donors (Lipinski definition) is 3. The fourth-order valence-electron chi connectivity index (χ4n) is 1.97. The molecular formula is C14H17N5O3.